The van der Waals surface area contributed by atoms with Crippen LogP contribution in [0.3, 0.4) is 0 Å². The molecule has 0 amide bonds. The summed E-state index contributed by atoms with van der Waals surface area (Å²) in [6.07, 6.45) is 11.5. The molecule has 1 aliphatic carbocycles. The molecule has 2 aliphatic rings. The van der Waals surface area contributed by atoms with E-state index in [4.69, 9.17) is 4.74 Å². The summed E-state index contributed by atoms with van der Waals surface area (Å²) >= 11 is 0. The predicted octanol–water partition coefficient (Wildman–Crippen LogP) is 3.74. The van der Waals surface area contributed by atoms with Gasteiger partial charge in [-0.05, 0) is 80.7 Å². The van der Waals surface area contributed by atoms with Crippen molar-refractivity contribution in [1.82, 2.24) is 14.0 Å². The van der Waals surface area contributed by atoms with E-state index in [1.54, 1.807) is 4.57 Å². The lowest BCUT2D eigenvalue weighted by Crippen LogP contribution is -2.29. The Balaban J connectivity index is 1.43. The van der Waals surface area contributed by atoms with Gasteiger partial charge in [-0.1, -0.05) is 13.0 Å². The van der Waals surface area contributed by atoms with Crippen molar-refractivity contribution in [1.29, 1.82) is 0 Å². The van der Waals surface area contributed by atoms with Gasteiger partial charge in [0, 0.05) is 37.9 Å². The van der Waals surface area contributed by atoms with Crippen molar-refractivity contribution in [3.8, 4) is 5.69 Å². The third-order valence-corrected chi connectivity index (χ3v) is 7.31. The number of carbonyl (C=O) groups excluding carboxylic acids is 1. The van der Waals surface area contributed by atoms with Crippen molar-refractivity contribution in [3.05, 3.63) is 52.2 Å². The summed E-state index contributed by atoms with van der Waals surface area (Å²) in [6.45, 7) is 5.51. The van der Waals surface area contributed by atoms with E-state index >= 15 is 0 Å². The summed E-state index contributed by atoms with van der Waals surface area (Å²) in [7, 11) is 1.44. The number of rotatable bonds is 6. The Morgan fingerprint density at radius 3 is 2.52 bits per heavy atom. The Hall–Kier alpha value is -2.34. The van der Waals surface area contributed by atoms with Gasteiger partial charge in [0.1, 0.15) is 0 Å². The van der Waals surface area contributed by atoms with E-state index in [0.717, 1.165) is 70.3 Å². The molecule has 1 saturated carbocycles. The molecule has 0 spiro atoms. The van der Waals surface area contributed by atoms with Crippen LogP contribution in [0.5, 0.6) is 0 Å². The average Bonchev–Trinajstić information content (AvgIpc) is 3.06. The Morgan fingerprint density at radius 2 is 1.81 bits per heavy atom. The van der Waals surface area contributed by atoms with Crippen molar-refractivity contribution in [3.63, 3.8) is 0 Å². The summed E-state index contributed by atoms with van der Waals surface area (Å²) in [5.41, 5.74) is 3.82. The monoisotopic (exact) mass is 425 g/mol. The van der Waals surface area contributed by atoms with Crippen LogP contribution >= 0.6 is 0 Å². The van der Waals surface area contributed by atoms with Gasteiger partial charge >= 0.3 is 11.7 Å². The second kappa shape index (κ2) is 9.86. The number of ether oxygens (including phenoxy) is 1. The van der Waals surface area contributed by atoms with Gasteiger partial charge in [-0.2, -0.15) is 0 Å². The fraction of sp³-hybridized carbons (Fsp3) is 0.600. The van der Waals surface area contributed by atoms with Crippen molar-refractivity contribution in [2.75, 3.05) is 26.7 Å². The van der Waals surface area contributed by atoms with Gasteiger partial charge in [-0.25, -0.2) is 4.79 Å². The van der Waals surface area contributed by atoms with E-state index < -0.39 is 0 Å². The molecular weight excluding hydrogens is 390 g/mol. The lowest BCUT2D eigenvalue weighted by molar-refractivity contribution is -0.141. The largest absolute Gasteiger partial charge is 0.469 e. The molecule has 2 heterocycles. The van der Waals surface area contributed by atoms with Crippen molar-refractivity contribution in [2.45, 2.75) is 64.3 Å². The predicted molar refractivity (Wildman–Crippen MR) is 122 cm³/mol. The molecule has 0 unspecified atom stereocenters. The lowest BCUT2D eigenvalue weighted by atomic mass is 9.83. The molecule has 6 heteroatoms. The number of esters is 1. The maximum absolute atomic E-state index is 13.2. The second-order valence-corrected chi connectivity index (χ2v) is 9.03. The quantitative estimate of drug-likeness (QED) is 0.662. The van der Waals surface area contributed by atoms with E-state index in [-0.39, 0.29) is 17.7 Å². The van der Waals surface area contributed by atoms with E-state index in [2.05, 4.69) is 30.0 Å². The van der Waals surface area contributed by atoms with Gasteiger partial charge in [-0.15, -0.1) is 0 Å². The first-order chi connectivity index (χ1) is 15.1. The molecule has 0 N–H and O–H groups in total. The number of hydrogen-bond donors (Lipinski definition) is 0. The molecular formula is C25H35N3O3. The van der Waals surface area contributed by atoms with Crippen molar-refractivity contribution >= 4 is 5.97 Å². The van der Waals surface area contributed by atoms with Gasteiger partial charge in [0.05, 0.1) is 12.8 Å². The van der Waals surface area contributed by atoms with Gasteiger partial charge in [0.2, 0.25) is 0 Å². The zero-order chi connectivity index (χ0) is 21.8. The number of aromatic nitrogens is 2. The highest BCUT2D eigenvalue weighted by atomic mass is 16.5. The SMILES string of the molecule is CCN1CCc2ccc(-n3ccn([C@H]4CC[C@H](CCC(=O)OC)CC4)c3=O)cc2CC1. The molecule has 4 rings (SSSR count). The van der Waals surface area contributed by atoms with Crippen molar-refractivity contribution in [2.24, 2.45) is 5.92 Å². The Bertz CT molecular complexity index is 953. The van der Waals surface area contributed by atoms with Crippen LogP contribution in [-0.4, -0.2) is 46.7 Å². The minimum absolute atomic E-state index is 0.0572. The molecule has 31 heavy (non-hydrogen) atoms. The fourth-order valence-corrected chi connectivity index (χ4v) is 5.22. The van der Waals surface area contributed by atoms with E-state index in [0.29, 0.717) is 12.3 Å². The van der Waals surface area contributed by atoms with E-state index in [9.17, 15) is 9.59 Å². The average molecular weight is 426 g/mol. The van der Waals surface area contributed by atoms with Crippen LogP contribution in [0.1, 0.15) is 62.6 Å². The molecule has 0 radical (unpaired) electrons. The maximum Gasteiger partial charge on any atom is 0.332 e. The lowest BCUT2D eigenvalue weighted by Gasteiger charge is -2.28. The zero-order valence-corrected chi connectivity index (χ0v) is 18.9. The summed E-state index contributed by atoms with van der Waals surface area (Å²) in [5, 5.41) is 0. The maximum atomic E-state index is 13.2. The third kappa shape index (κ3) is 4.95. The number of imidazole rings is 1. The standard InChI is InChI=1S/C25H35N3O3/c1-3-26-14-12-20-7-10-23(18-21(20)13-15-26)28-17-16-27(25(28)30)22-8-4-19(5-9-22)6-11-24(29)31-2/h7,10,16-19,22H,3-6,8-9,11-15H2,1-2H3/t19-,22-. The number of nitrogens with zero attached hydrogens (tertiary/aromatic N) is 3. The smallest absolute Gasteiger partial charge is 0.332 e. The van der Waals surface area contributed by atoms with E-state index in [1.807, 2.05) is 17.0 Å². The third-order valence-electron chi connectivity index (χ3n) is 7.31. The van der Waals surface area contributed by atoms with Gasteiger partial charge in [0.15, 0.2) is 0 Å². The van der Waals surface area contributed by atoms with Gasteiger partial charge < -0.3 is 9.64 Å². The number of carbonyl (C=O) groups is 1. The zero-order valence-electron chi connectivity index (χ0n) is 18.9. The number of benzene rings is 1. The second-order valence-electron chi connectivity index (χ2n) is 9.03. The summed E-state index contributed by atoms with van der Waals surface area (Å²) < 4.78 is 8.47. The fourth-order valence-electron chi connectivity index (χ4n) is 5.22. The molecule has 1 aliphatic heterocycles. The first kappa shape index (κ1) is 21.9. The topological polar surface area (TPSA) is 56.5 Å². The normalized spacial score (nSPS) is 22.0. The number of likely N-dealkylation sites (N-methyl/N-ethyl adjacent to an activating group) is 1. The Kier molecular flexibility index (Phi) is 6.96. The highest BCUT2D eigenvalue weighted by molar-refractivity contribution is 5.69. The van der Waals surface area contributed by atoms with Crippen LogP contribution in [0.4, 0.5) is 0 Å². The summed E-state index contributed by atoms with van der Waals surface area (Å²) in [4.78, 5) is 27.1. The van der Waals surface area contributed by atoms with Crippen molar-refractivity contribution < 1.29 is 9.53 Å². The van der Waals surface area contributed by atoms with Gasteiger partial charge in [0.25, 0.3) is 0 Å². The molecule has 168 valence electrons. The van der Waals surface area contributed by atoms with Crippen LogP contribution in [-0.2, 0) is 22.4 Å². The van der Waals surface area contributed by atoms with Crippen LogP contribution in [0, 0.1) is 5.92 Å². The van der Waals surface area contributed by atoms with E-state index in [1.165, 1.54) is 18.2 Å². The molecule has 1 fully saturated rings. The molecule has 0 saturated heterocycles. The highest BCUT2D eigenvalue weighted by Crippen LogP contribution is 2.34. The molecule has 1 aromatic carbocycles. The minimum Gasteiger partial charge on any atom is -0.469 e. The Morgan fingerprint density at radius 1 is 1.06 bits per heavy atom. The molecule has 0 atom stereocenters. The summed E-state index contributed by atoms with van der Waals surface area (Å²) in [6, 6.07) is 6.77. The number of methoxy groups -OCH3 is 1. The Labute approximate surface area is 184 Å². The summed E-state index contributed by atoms with van der Waals surface area (Å²) in [5.74, 6) is 0.430. The minimum atomic E-state index is -0.126. The van der Waals surface area contributed by atoms with Crippen LogP contribution in [0.25, 0.3) is 5.69 Å². The van der Waals surface area contributed by atoms with Crippen LogP contribution < -0.4 is 5.69 Å². The number of fused-ring (bicyclic) bond motifs is 1. The van der Waals surface area contributed by atoms with Crippen LogP contribution in [0.15, 0.2) is 35.4 Å². The molecule has 1 aromatic heterocycles. The van der Waals surface area contributed by atoms with Crippen LogP contribution in [0.2, 0.25) is 0 Å². The first-order valence-corrected chi connectivity index (χ1v) is 11.8. The first-order valence-electron chi connectivity index (χ1n) is 11.8. The molecule has 6 nitrogen and oxygen atoms in total. The molecule has 2 aromatic rings. The van der Waals surface area contributed by atoms with Gasteiger partial charge in [-0.3, -0.25) is 13.9 Å². The highest BCUT2D eigenvalue weighted by Gasteiger charge is 2.24. The number of hydrogen-bond acceptors (Lipinski definition) is 4. The molecule has 0 bridgehead atoms.